The van der Waals surface area contributed by atoms with Gasteiger partial charge in [0.1, 0.15) is 0 Å². The number of hydrogen-bond donors (Lipinski definition) is 0. The van der Waals surface area contributed by atoms with Crippen LogP contribution in [-0.4, -0.2) is 36.1 Å². The molecule has 3 nitrogen and oxygen atoms in total. The van der Waals surface area contributed by atoms with Crippen molar-refractivity contribution in [3.05, 3.63) is 40.4 Å². The smallest absolute Gasteiger partial charge is 0.246 e. The van der Waals surface area contributed by atoms with E-state index in [-0.39, 0.29) is 18.1 Å². The van der Waals surface area contributed by atoms with Crippen LogP contribution in [0.4, 0.5) is 0 Å². The van der Waals surface area contributed by atoms with Crippen LogP contribution in [-0.2, 0) is 9.53 Å². The van der Waals surface area contributed by atoms with E-state index >= 15 is 0 Å². The van der Waals surface area contributed by atoms with E-state index in [1.165, 1.54) is 0 Å². The van der Waals surface area contributed by atoms with Crippen LogP contribution in [0.15, 0.2) is 34.8 Å². The van der Waals surface area contributed by atoms with Gasteiger partial charge in [0.15, 0.2) is 0 Å². The second-order valence-corrected chi connectivity index (χ2v) is 5.80. The fraction of sp³-hybridized carbons (Fsp3) is 0.400. The summed E-state index contributed by atoms with van der Waals surface area (Å²) in [5.74, 6) is 0.0435. The van der Waals surface area contributed by atoms with Crippen molar-refractivity contribution in [1.82, 2.24) is 4.90 Å². The van der Waals surface area contributed by atoms with Crippen LogP contribution < -0.4 is 0 Å². The summed E-state index contributed by atoms with van der Waals surface area (Å²) in [6.07, 6.45) is 3.68. The number of benzene rings is 1. The van der Waals surface area contributed by atoms with Gasteiger partial charge in [-0.15, -0.1) is 0 Å². The summed E-state index contributed by atoms with van der Waals surface area (Å²) in [6, 6.07) is 7.87. The Hall–Kier alpha value is -1.13. The van der Waals surface area contributed by atoms with Crippen molar-refractivity contribution in [2.24, 2.45) is 0 Å². The van der Waals surface area contributed by atoms with Crippen LogP contribution in [0, 0.1) is 0 Å². The highest BCUT2D eigenvalue weighted by atomic mass is 79.9. The third-order valence-corrected chi connectivity index (χ3v) is 3.49. The van der Waals surface area contributed by atoms with Crippen molar-refractivity contribution < 1.29 is 9.53 Å². The summed E-state index contributed by atoms with van der Waals surface area (Å²) in [6.45, 7) is 5.31. The first-order valence-corrected chi connectivity index (χ1v) is 7.22. The number of hydrogen-bond acceptors (Lipinski definition) is 2. The third-order valence-electron chi connectivity index (χ3n) is 3.00. The normalized spacial score (nSPS) is 23.8. The average molecular weight is 324 g/mol. The molecule has 1 heterocycles. The molecule has 1 aliphatic heterocycles. The van der Waals surface area contributed by atoms with Crippen LogP contribution in [0.3, 0.4) is 0 Å². The van der Waals surface area contributed by atoms with Crippen LogP contribution in [0.2, 0.25) is 0 Å². The predicted molar refractivity (Wildman–Crippen MR) is 79.8 cm³/mol. The molecule has 2 rings (SSSR count). The van der Waals surface area contributed by atoms with E-state index in [1.807, 2.05) is 49.1 Å². The Labute approximate surface area is 122 Å². The molecule has 2 unspecified atom stereocenters. The lowest BCUT2D eigenvalue weighted by Crippen LogP contribution is -2.47. The first-order valence-electron chi connectivity index (χ1n) is 6.42. The van der Waals surface area contributed by atoms with Crippen molar-refractivity contribution in [1.29, 1.82) is 0 Å². The molecule has 1 saturated heterocycles. The largest absolute Gasteiger partial charge is 0.372 e. The second-order valence-electron chi connectivity index (χ2n) is 4.89. The predicted octanol–water partition coefficient (Wildman–Crippen LogP) is 3.10. The van der Waals surface area contributed by atoms with E-state index in [1.54, 1.807) is 6.08 Å². The van der Waals surface area contributed by atoms with Gasteiger partial charge in [0.2, 0.25) is 5.91 Å². The Balaban J connectivity index is 2.00. The SMILES string of the molecule is CC1CN(C(=O)/C=C/c2cccc(Br)c2)CC(C)O1. The maximum atomic E-state index is 12.1. The van der Waals surface area contributed by atoms with Gasteiger partial charge >= 0.3 is 0 Å². The van der Waals surface area contributed by atoms with Crippen molar-refractivity contribution in [2.45, 2.75) is 26.1 Å². The van der Waals surface area contributed by atoms with Crippen molar-refractivity contribution in [3.63, 3.8) is 0 Å². The van der Waals surface area contributed by atoms with Crippen molar-refractivity contribution >= 4 is 27.9 Å². The van der Waals surface area contributed by atoms with Gasteiger partial charge < -0.3 is 9.64 Å². The maximum absolute atomic E-state index is 12.1. The minimum absolute atomic E-state index is 0.0435. The summed E-state index contributed by atoms with van der Waals surface area (Å²) >= 11 is 3.42. The maximum Gasteiger partial charge on any atom is 0.246 e. The molecule has 0 spiro atoms. The zero-order chi connectivity index (χ0) is 13.8. The highest BCUT2D eigenvalue weighted by Crippen LogP contribution is 2.14. The van der Waals surface area contributed by atoms with Gasteiger partial charge in [0.05, 0.1) is 12.2 Å². The molecule has 0 bridgehead atoms. The molecule has 1 fully saturated rings. The summed E-state index contributed by atoms with van der Waals surface area (Å²) in [5.41, 5.74) is 1.01. The quantitative estimate of drug-likeness (QED) is 0.783. The monoisotopic (exact) mass is 323 g/mol. The number of carbonyl (C=O) groups excluding carboxylic acids is 1. The van der Waals surface area contributed by atoms with E-state index in [9.17, 15) is 4.79 Å². The summed E-state index contributed by atoms with van der Waals surface area (Å²) in [7, 11) is 0. The lowest BCUT2D eigenvalue weighted by molar-refractivity contribution is -0.137. The lowest BCUT2D eigenvalue weighted by atomic mass is 10.2. The Morgan fingerprint density at radius 3 is 2.68 bits per heavy atom. The number of morpholine rings is 1. The Bertz CT molecular complexity index is 477. The van der Waals surface area contributed by atoms with Gasteiger partial charge in [0.25, 0.3) is 0 Å². The van der Waals surface area contributed by atoms with E-state index in [0.717, 1.165) is 10.0 Å². The zero-order valence-corrected chi connectivity index (χ0v) is 12.8. The molecule has 19 heavy (non-hydrogen) atoms. The molecule has 2 atom stereocenters. The van der Waals surface area contributed by atoms with E-state index in [0.29, 0.717) is 13.1 Å². The Morgan fingerprint density at radius 2 is 2.05 bits per heavy atom. The van der Waals surface area contributed by atoms with Gasteiger partial charge in [-0.25, -0.2) is 0 Å². The number of amides is 1. The van der Waals surface area contributed by atoms with Crippen LogP contribution in [0.1, 0.15) is 19.4 Å². The zero-order valence-electron chi connectivity index (χ0n) is 11.2. The molecular formula is C15H18BrNO2. The molecule has 1 aliphatic rings. The first-order chi connectivity index (χ1) is 9.04. The number of rotatable bonds is 2. The summed E-state index contributed by atoms with van der Waals surface area (Å²) < 4.78 is 6.63. The van der Waals surface area contributed by atoms with Crippen molar-refractivity contribution in [3.8, 4) is 0 Å². The molecule has 1 aromatic rings. The topological polar surface area (TPSA) is 29.5 Å². The molecule has 0 radical (unpaired) electrons. The van der Waals surface area contributed by atoms with Crippen LogP contribution in [0.25, 0.3) is 6.08 Å². The Morgan fingerprint density at radius 1 is 1.37 bits per heavy atom. The summed E-state index contributed by atoms with van der Waals surface area (Å²) in [4.78, 5) is 14.0. The molecule has 4 heteroatoms. The molecule has 0 aliphatic carbocycles. The molecule has 1 aromatic carbocycles. The van der Waals surface area contributed by atoms with Gasteiger partial charge in [0, 0.05) is 23.6 Å². The number of halogens is 1. The van der Waals surface area contributed by atoms with Gasteiger partial charge in [-0.1, -0.05) is 28.1 Å². The minimum atomic E-state index is 0.0435. The standard InChI is InChI=1S/C15H18BrNO2/c1-11-9-17(10-12(2)19-11)15(18)7-6-13-4-3-5-14(16)8-13/h3-8,11-12H,9-10H2,1-2H3/b7-6+. The van der Waals surface area contributed by atoms with E-state index < -0.39 is 0 Å². The number of carbonyl (C=O) groups is 1. The molecule has 0 N–H and O–H groups in total. The lowest BCUT2D eigenvalue weighted by Gasteiger charge is -2.34. The van der Waals surface area contributed by atoms with E-state index in [2.05, 4.69) is 15.9 Å². The number of nitrogens with zero attached hydrogens (tertiary/aromatic N) is 1. The van der Waals surface area contributed by atoms with Crippen LogP contribution >= 0.6 is 15.9 Å². The molecule has 0 aromatic heterocycles. The first kappa shape index (κ1) is 14.3. The number of ether oxygens (including phenoxy) is 1. The third kappa shape index (κ3) is 4.18. The summed E-state index contributed by atoms with van der Waals surface area (Å²) in [5, 5.41) is 0. The fourth-order valence-electron chi connectivity index (χ4n) is 2.24. The Kier molecular flexibility index (Phi) is 4.77. The van der Waals surface area contributed by atoms with Gasteiger partial charge in [-0.2, -0.15) is 0 Å². The second kappa shape index (κ2) is 6.35. The highest BCUT2D eigenvalue weighted by molar-refractivity contribution is 9.10. The van der Waals surface area contributed by atoms with Gasteiger partial charge in [-0.05, 0) is 37.6 Å². The van der Waals surface area contributed by atoms with Gasteiger partial charge in [-0.3, -0.25) is 4.79 Å². The highest BCUT2D eigenvalue weighted by Gasteiger charge is 2.24. The average Bonchev–Trinajstić information content (AvgIpc) is 2.35. The van der Waals surface area contributed by atoms with Crippen molar-refractivity contribution in [2.75, 3.05) is 13.1 Å². The molecule has 0 saturated carbocycles. The van der Waals surface area contributed by atoms with E-state index in [4.69, 9.17) is 4.74 Å². The molecule has 1 amide bonds. The fourth-order valence-corrected chi connectivity index (χ4v) is 2.66. The van der Waals surface area contributed by atoms with Crippen LogP contribution in [0.5, 0.6) is 0 Å². The minimum Gasteiger partial charge on any atom is -0.372 e. The molecular weight excluding hydrogens is 306 g/mol. The molecule has 102 valence electrons.